The molecule has 1 heterocycles. The van der Waals surface area contributed by atoms with Crippen LogP contribution in [-0.4, -0.2) is 44.2 Å². The number of likely N-dealkylation sites (tertiary alicyclic amines) is 1. The molecule has 0 aromatic rings. The summed E-state index contributed by atoms with van der Waals surface area (Å²) < 4.78 is 14.8. The summed E-state index contributed by atoms with van der Waals surface area (Å²) in [5.41, 5.74) is 0. The molecule has 1 fully saturated rings. The Kier molecular flexibility index (Phi) is 4.94. The van der Waals surface area contributed by atoms with Crippen molar-refractivity contribution in [3.63, 3.8) is 0 Å². The highest BCUT2D eigenvalue weighted by Crippen LogP contribution is 2.15. The lowest BCUT2D eigenvalue weighted by Gasteiger charge is -2.23. The van der Waals surface area contributed by atoms with Crippen molar-refractivity contribution in [3.05, 3.63) is 0 Å². The van der Waals surface area contributed by atoms with Crippen LogP contribution >= 0.6 is 0 Å². The molecule has 1 saturated heterocycles. The lowest BCUT2D eigenvalue weighted by Crippen LogP contribution is -2.40. The molecular weight excluding hydrogens is 240 g/mol. The molecule has 0 saturated carbocycles. The first-order chi connectivity index (χ1) is 7.80. The first kappa shape index (κ1) is 14.4. The van der Waals surface area contributed by atoms with E-state index in [1.165, 1.54) is 4.90 Å². The minimum Gasteiger partial charge on any atom is -0.465 e. The van der Waals surface area contributed by atoms with E-state index in [-0.39, 0.29) is 10.8 Å². The van der Waals surface area contributed by atoms with Gasteiger partial charge in [0.05, 0.1) is 15.7 Å². The Morgan fingerprint density at radius 3 is 2.53 bits per heavy atom. The van der Waals surface area contributed by atoms with Crippen LogP contribution in [0.25, 0.3) is 0 Å². The third kappa shape index (κ3) is 4.63. The van der Waals surface area contributed by atoms with Crippen LogP contribution < -0.4 is 4.72 Å². The third-order valence-corrected chi connectivity index (χ3v) is 4.49. The van der Waals surface area contributed by atoms with Gasteiger partial charge in [0.25, 0.3) is 0 Å². The Bertz CT molecular complexity index is 302. The van der Waals surface area contributed by atoms with Crippen LogP contribution in [0.1, 0.15) is 40.0 Å². The number of hydrogen-bond acceptors (Lipinski definition) is 2. The average Bonchev–Trinajstić information content (AvgIpc) is 2.41. The van der Waals surface area contributed by atoms with Crippen LogP contribution in [0.4, 0.5) is 4.79 Å². The number of nitrogens with one attached hydrogen (secondary N) is 1. The zero-order valence-corrected chi connectivity index (χ0v) is 11.5. The number of hydrogen-bond donors (Lipinski definition) is 2. The zero-order chi connectivity index (χ0) is 13.1. The minimum absolute atomic E-state index is 0.152. The van der Waals surface area contributed by atoms with Gasteiger partial charge in [-0.1, -0.05) is 0 Å². The zero-order valence-electron chi connectivity index (χ0n) is 10.7. The van der Waals surface area contributed by atoms with Gasteiger partial charge in [0, 0.05) is 19.1 Å². The van der Waals surface area contributed by atoms with Crippen molar-refractivity contribution in [1.29, 1.82) is 0 Å². The molecule has 0 aliphatic carbocycles. The molecule has 1 aliphatic heterocycles. The normalized spacial score (nSPS) is 24.2. The van der Waals surface area contributed by atoms with E-state index in [2.05, 4.69) is 4.72 Å². The highest BCUT2D eigenvalue weighted by atomic mass is 32.2. The smallest absolute Gasteiger partial charge is 0.407 e. The van der Waals surface area contributed by atoms with Gasteiger partial charge in [0.15, 0.2) is 0 Å². The maximum atomic E-state index is 11.9. The van der Waals surface area contributed by atoms with Gasteiger partial charge in [-0.05, 0) is 40.0 Å². The molecule has 6 heteroatoms. The fourth-order valence-corrected chi connectivity index (χ4v) is 2.63. The van der Waals surface area contributed by atoms with E-state index in [0.29, 0.717) is 13.1 Å². The fraction of sp³-hybridized carbons (Fsp3) is 0.909. The Morgan fingerprint density at radius 2 is 2.00 bits per heavy atom. The number of rotatable bonds is 2. The molecule has 17 heavy (non-hydrogen) atoms. The summed E-state index contributed by atoms with van der Waals surface area (Å²) in [5.74, 6) is 0. The Labute approximate surface area is 105 Å². The van der Waals surface area contributed by atoms with Crippen molar-refractivity contribution >= 4 is 17.1 Å². The minimum atomic E-state index is -1.08. The van der Waals surface area contributed by atoms with E-state index in [1.54, 1.807) is 0 Å². The quantitative estimate of drug-likeness (QED) is 0.793. The molecule has 0 bridgehead atoms. The number of amides is 1. The van der Waals surface area contributed by atoms with Gasteiger partial charge in [-0.2, -0.15) is 0 Å². The van der Waals surface area contributed by atoms with Crippen LogP contribution in [0.5, 0.6) is 0 Å². The van der Waals surface area contributed by atoms with Crippen molar-refractivity contribution in [2.75, 3.05) is 13.1 Å². The van der Waals surface area contributed by atoms with E-state index in [9.17, 15) is 9.00 Å². The predicted octanol–water partition coefficient (Wildman–Crippen LogP) is 1.57. The van der Waals surface area contributed by atoms with Gasteiger partial charge < -0.3 is 10.0 Å². The molecule has 0 spiro atoms. The Balaban J connectivity index is 2.47. The maximum Gasteiger partial charge on any atom is 0.407 e. The predicted molar refractivity (Wildman–Crippen MR) is 68.3 cm³/mol. The SMILES string of the molecule is CC(C)(C)S(=O)N[C@@H]1CCCN(C(=O)O)CC1. The summed E-state index contributed by atoms with van der Waals surface area (Å²) in [4.78, 5) is 12.3. The first-order valence-electron chi connectivity index (χ1n) is 5.96. The largest absolute Gasteiger partial charge is 0.465 e. The van der Waals surface area contributed by atoms with Crippen LogP contribution in [0.2, 0.25) is 0 Å². The summed E-state index contributed by atoms with van der Waals surface area (Å²) in [6.45, 7) is 6.88. The molecule has 100 valence electrons. The first-order valence-corrected chi connectivity index (χ1v) is 7.11. The fourth-order valence-electron chi connectivity index (χ4n) is 1.73. The van der Waals surface area contributed by atoms with E-state index in [4.69, 9.17) is 5.11 Å². The van der Waals surface area contributed by atoms with Gasteiger partial charge in [-0.25, -0.2) is 13.7 Å². The molecule has 1 amide bonds. The van der Waals surface area contributed by atoms with Crippen molar-refractivity contribution in [2.45, 2.75) is 50.8 Å². The Hall–Kier alpha value is -0.620. The highest BCUT2D eigenvalue weighted by Gasteiger charge is 2.25. The molecule has 0 aromatic carbocycles. The number of carboxylic acid groups (broad SMARTS) is 1. The second kappa shape index (κ2) is 5.82. The molecule has 1 rings (SSSR count). The topological polar surface area (TPSA) is 69.6 Å². The van der Waals surface area contributed by atoms with Crippen LogP contribution in [0.3, 0.4) is 0 Å². The van der Waals surface area contributed by atoms with Crippen LogP contribution in [-0.2, 0) is 11.0 Å². The molecule has 5 nitrogen and oxygen atoms in total. The monoisotopic (exact) mass is 262 g/mol. The highest BCUT2D eigenvalue weighted by molar-refractivity contribution is 7.84. The molecular formula is C11H22N2O3S. The van der Waals surface area contributed by atoms with Gasteiger partial charge in [0.2, 0.25) is 0 Å². The molecule has 0 aromatic heterocycles. The van der Waals surface area contributed by atoms with E-state index in [1.807, 2.05) is 20.8 Å². The van der Waals surface area contributed by atoms with Crippen molar-refractivity contribution in [2.24, 2.45) is 0 Å². The molecule has 1 unspecified atom stereocenters. The van der Waals surface area contributed by atoms with Crippen molar-refractivity contribution in [3.8, 4) is 0 Å². The van der Waals surface area contributed by atoms with E-state index in [0.717, 1.165) is 19.3 Å². The summed E-state index contributed by atoms with van der Waals surface area (Å²) in [6.07, 6.45) is 1.58. The molecule has 2 N–H and O–H groups in total. The summed E-state index contributed by atoms with van der Waals surface area (Å²) in [7, 11) is -1.08. The van der Waals surface area contributed by atoms with Gasteiger partial charge in [0.1, 0.15) is 0 Å². The lowest BCUT2D eigenvalue weighted by molar-refractivity contribution is 0.147. The molecule has 1 aliphatic rings. The lowest BCUT2D eigenvalue weighted by atomic mass is 10.1. The summed E-state index contributed by atoms with van der Waals surface area (Å²) in [6, 6.07) is 0.152. The summed E-state index contributed by atoms with van der Waals surface area (Å²) in [5, 5.41) is 8.91. The van der Waals surface area contributed by atoms with E-state index < -0.39 is 17.1 Å². The number of carbonyl (C=O) groups is 1. The Morgan fingerprint density at radius 1 is 1.35 bits per heavy atom. The average molecular weight is 262 g/mol. The van der Waals surface area contributed by atoms with E-state index >= 15 is 0 Å². The summed E-state index contributed by atoms with van der Waals surface area (Å²) >= 11 is 0. The van der Waals surface area contributed by atoms with Gasteiger partial charge in [-0.15, -0.1) is 0 Å². The van der Waals surface area contributed by atoms with Crippen molar-refractivity contribution < 1.29 is 14.1 Å². The second-order valence-corrected chi connectivity index (χ2v) is 7.39. The van der Waals surface area contributed by atoms with Crippen molar-refractivity contribution in [1.82, 2.24) is 9.62 Å². The second-order valence-electron chi connectivity index (χ2n) is 5.40. The van der Waals surface area contributed by atoms with Gasteiger partial charge in [-0.3, -0.25) is 0 Å². The number of nitrogens with zero attached hydrogens (tertiary/aromatic N) is 1. The molecule has 0 radical (unpaired) electrons. The van der Waals surface area contributed by atoms with Crippen LogP contribution in [0, 0.1) is 0 Å². The van der Waals surface area contributed by atoms with Crippen LogP contribution in [0.15, 0.2) is 0 Å². The maximum absolute atomic E-state index is 11.9. The van der Waals surface area contributed by atoms with Gasteiger partial charge >= 0.3 is 6.09 Å². The standard InChI is InChI=1S/C11H22N2O3S/c1-11(2,3)17(16)12-9-5-4-7-13(8-6-9)10(14)15/h9,12H,4-8H2,1-3H3,(H,14,15)/t9-,17?/m1/s1. The third-order valence-electron chi connectivity index (χ3n) is 2.83. The molecule has 2 atom stereocenters.